The van der Waals surface area contributed by atoms with Crippen LogP contribution in [0.3, 0.4) is 0 Å². The maximum Gasteiger partial charge on any atom is 0.216 e. The van der Waals surface area contributed by atoms with Crippen LogP contribution in [-0.2, 0) is 7.05 Å². The Labute approximate surface area is 219 Å². The summed E-state index contributed by atoms with van der Waals surface area (Å²) in [7, 11) is 2.07. The van der Waals surface area contributed by atoms with Crippen LogP contribution in [0.4, 0.5) is 0 Å². The number of hydrogen-bond donors (Lipinski definition) is 0. The number of benzene rings is 3. The lowest BCUT2D eigenvalue weighted by molar-refractivity contribution is -0.660. The van der Waals surface area contributed by atoms with Crippen molar-refractivity contribution >= 4 is 21.9 Å². The Morgan fingerprint density at radius 3 is 2.27 bits per heavy atom. The van der Waals surface area contributed by atoms with E-state index in [1.54, 1.807) is 0 Å². The van der Waals surface area contributed by atoms with Gasteiger partial charge in [-0.1, -0.05) is 50.2 Å². The average molecular weight is 486 g/mol. The van der Waals surface area contributed by atoms with Gasteiger partial charge in [0.15, 0.2) is 6.20 Å². The first-order valence-electron chi connectivity index (χ1n) is 13.3. The molecule has 3 nitrogen and oxygen atoms in total. The maximum absolute atomic E-state index is 10.2. The minimum absolute atomic E-state index is 0.407. The van der Waals surface area contributed by atoms with Crippen molar-refractivity contribution in [3.05, 3.63) is 89.6 Å². The number of pyridine rings is 1. The second kappa shape index (κ2) is 8.89. The van der Waals surface area contributed by atoms with E-state index in [1.807, 2.05) is 12.1 Å². The van der Waals surface area contributed by atoms with Crippen molar-refractivity contribution in [2.24, 2.45) is 12.5 Å². The number of hydrogen-bond acceptors (Lipinski definition) is 2. The number of fused-ring (bicyclic) bond motifs is 3. The standard InChI is InChI=1S/C34H33N2O/c1-22-12-14-27-28-15-13-24(21-35)31(33(28)37-32(27)30(22)29-11-7-8-20-36(29)4)26-10-6-5-9-25(26)23-16-18-34(2,3)19-17-23/h5-15,20,23H,16-19H2,1-4H3/q+1. The predicted molar refractivity (Wildman–Crippen MR) is 150 cm³/mol. The zero-order chi connectivity index (χ0) is 25.7. The molecule has 5 aromatic rings. The van der Waals surface area contributed by atoms with Gasteiger partial charge in [0, 0.05) is 28.5 Å². The molecule has 2 heterocycles. The summed E-state index contributed by atoms with van der Waals surface area (Å²) in [4.78, 5) is 0. The summed E-state index contributed by atoms with van der Waals surface area (Å²) < 4.78 is 8.95. The van der Waals surface area contributed by atoms with E-state index in [9.17, 15) is 5.26 Å². The molecule has 37 heavy (non-hydrogen) atoms. The number of furan rings is 1. The van der Waals surface area contributed by atoms with Crippen LogP contribution in [0.1, 0.15) is 62.1 Å². The third kappa shape index (κ3) is 3.92. The molecule has 1 fully saturated rings. The second-order valence-corrected chi connectivity index (χ2v) is 11.4. The smallest absolute Gasteiger partial charge is 0.216 e. The predicted octanol–water partition coefficient (Wildman–Crippen LogP) is 8.61. The maximum atomic E-state index is 10.2. The third-order valence-electron chi connectivity index (χ3n) is 8.46. The summed E-state index contributed by atoms with van der Waals surface area (Å²) in [6, 6.07) is 25.8. The Balaban J connectivity index is 1.62. The van der Waals surface area contributed by atoms with Crippen molar-refractivity contribution in [1.29, 1.82) is 5.26 Å². The molecule has 0 bridgehead atoms. The molecule has 3 heteroatoms. The highest BCUT2D eigenvalue weighted by molar-refractivity contribution is 6.14. The lowest BCUT2D eigenvalue weighted by Crippen LogP contribution is -2.30. The minimum atomic E-state index is 0.407. The van der Waals surface area contributed by atoms with Crippen LogP contribution in [0.25, 0.3) is 44.3 Å². The molecule has 0 radical (unpaired) electrons. The normalized spacial score (nSPS) is 15.8. The molecule has 1 aliphatic rings. The number of aryl methyl sites for hydroxylation is 2. The fourth-order valence-electron chi connectivity index (χ4n) is 6.25. The molecule has 0 spiro atoms. The van der Waals surface area contributed by atoms with Crippen molar-refractivity contribution in [3.63, 3.8) is 0 Å². The Hall–Kier alpha value is -3.90. The molecular formula is C34H33N2O+. The summed E-state index contributed by atoms with van der Waals surface area (Å²) in [5.74, 6) is 0.497. The molecule has 0 unspecified atom stereocenters. The molecule has 1 aliphatic carbocycles. The summed E-state index contributed by atoms with van der Waals surface area (Å²) in [6.07, 6.45) is 6.87. The van der Waals surface area contributed by atoms with E-state index in [2.05, 4.69) is 99.2 Å². The van der Waals surface area contributed by atoms with E-state index < -0.39 is 0 Å². The van der Waals surface area contributed by atoms with E-state index >= 15 is 0 Å². The molecule has 0 saturated heterocycles. The summed E-state index contributed by atoms with van der Waals surface area (Å²) >= 11 is 0. The molecule has 184 valence electrons. The monoisotopic (exact) mass is 485 g/mol. The van der Waals surface area contributed by atoms with E-state index in [4.69, 9.17) is 4.42 Å². The van der Waals surface area contributed by atoms with E-state index in [-0.39, 0.29) is 0 Å². The number of aromatic nitrogens is 1. The van der Waals surface area contributed by atoms with Gasteiger partial charge in [0.05, 0.1) is 17.2 Å². The summed E-state index contributed by atoms with van der Waals surface area (Å²) in [5.41, 5.74) is 9.54. The van der Waals surface area contributed by atoms with Gasteiger partial charge in [0.1, 0.15) is 18.2 Å². The van der Waals surface area contributed by atoms with Gasteiger partial charge in [-0.15, -0.1) is 0 Å². The Kier molecular flexibility index (Phi) is 5.64. The molecule has 0 atom stereocenters. The van der Waals surface area contributed by atoms with Gasteiger partial charge in [0.25, 0.3) is 0 Å². The SMILES string of the molecule is Cc1ccc2c(oc3c(-c4ccccc4C4CCC(C)(C)CC4)c(C#N)ccc32)c1-c1cccc[n+]1C. The summed E-state index contributed by atoms with van der Waals surface area (Å²) in [6.45, 7) is 6.89. The van der Waals surface area contributed by atoms with Crippen LogP contribution in [0.5, 0.6) is 0 Å². The highest BCUT2D eigenvalue weighted by Crippen LogP contribution is 2.47. The number of nitrogens with zero attached hydrogens (tertiary/aromatic N) is 2. The fraction of sp³-hybridized carbons (Fsp3) is 0.294. The lowest BCUT2D eigenvalue weighted by Gasteiger charge is -2.35. The minimum Gasteiger partial charge on any atom is -0.454 e. The largest absolute Gasteiger partial charge is 0.454 e. The molecule has 6 rings (SSSR count). The van der Waals surface area contributed by atoms with Crippen molar-refractivity contribution in [2.45, 2.75) is 52.4 Å². The first kappa shape index (κ1) is 23.5. The molecule has 1 saturated carbocycles. The average Bonchev–Trinajstić information content (AvgIpc) is 3.27. The number of nitriles is 1. The van der Waals surface area contributed by atoms with Crippen molar-refractivity contribution in [1.82, 2.24) is 0 Å². The van der Waals surface area contributed by atoms with Gasteiger partial charge in [0.2, 0.25) is 5.69 Å². The molecule has 3 aromatic carbocycles. The van der Waals surface area contributed by atoms with Crippen LogP contribution >= 0.6 is 0 Å². The first-order valence-corrected chi connectivity index (χ1v) is 13.3. The van der Waals surface area contributed by atoms with E-state index in [0.717, 1.165) is 44.3 Å². The van der Waals surface area contributed by atoms with Gasteiger partial charge in [-0.2, -0.15) is 5.26 Å². The van der Waals surface area contributed by atoms with Crippen molar-refractivity contribution in [2.75, 3.05) is 0 Å². The van der Waals surface area contributed by atoms with E-state index in [1.165, 1.54) is 36.8 Å². The highest BCUT2D eigenvalue weighted by Gasteiger charge is 2.30. The van der Waals surface area contributed by atoms with Crippen LogP contribution in [0, 0.1) is 23.7 Å². The lowest BCUT2D eigenvalue weighted by atomic mass is 9.70. The highest BCUT2D eigenvalue weighted by atomic mass is 16.3. The Morgan fingerprint density at radius 2 is 1.54 bits per heavy atom. The molecular weight excluding hydrogens is 452 g/mol. The molecule has 0 amide bonds. The zero-order valence-corrected chi connectivity index (χ0v) is 22.1. The van der Waals surface area contributed by atoms with Crippen LogP contribution < -0.4 is 4.57 Å². The van der Waals surface area contributed by atoms with Gasteiger partial charge >= 0.3 is 0 Å². The van der Waals surface area contributed by atoms with Crippen LogP contribution in [0.15, 0.2) is 77.3 Å². The van der Waals surface area contributed by atoms with Crippen molar-refractivity contribution in [3.8, 4) is 28.5 Å². The van der Waals surface area contributed by atoms with Gasteiger partial charge in [-0.25, -0.2) is 4.57 Å². The zero-order valence-electron chi connectivity index (χ0n) is 22.1. The Morgan fingerprint density at radius 1 is 0.865 bits per heavy atom. The van der Waals surface area contributed by atoms with Gasteiger partial charge in [-0.3, -0.25) is 0 Å². The van der Waals surface area contributed by atoms with Crippen LogP contribution in [0.2, 0.25) is 0 Å². The second-order valence-electron chi connectivity index (χ2n) is 11.4. The van der Waals surface area contributed by atoms with Gasteiger partial charge in [-0.05, 0) is 78.8 Å². The third-order valence-corrected chi connectivity index (χ3v) is 8.46. The fourth-order valence-corrected chi connectivity index (χ4v) is 6.25. The number of rotatable bonds is 3. The first-order chi connectivity index (χ1) is 17.9. The summed E-state index contributed by atoms with van der Waals surface area (Å²) in [5, 5.41) is 12.3. The van der Waals surface area contributed by atoms with Gasteiger partial charge < -0.3 is 4.42 Å². The van der Waals surface area contributed by atoms with E-state index in [0.29, 0.717) is 16.9 Å². The van der Waals surface area contributed by atoms with Crippen LogP contribution in [-0.4, -0.2) is 0 Å². The van der Waals surface area contributed by atoms with Crippen molar-refractivity contribution < 1.29 is 8.98 Å². The topological polar surface area (TPSA) is 40.8 Å². The quantitative estimate of drug-likeness (QED) is 0.240. The molecule has 2 aromatic heterocycles. The Bertz CT molecular complexity index is 1690. The molecule has 0 N–H and O–H groups in total. The molecule has 0 aliphatic heterocycles.